The van der Waals surface area contributed by atoms with Crippen LogP contribution in [-0.4, -0.2) is 22.6 Å². The summed E-state index contributed by atoms with van der Waals surface area (Å²) >= 11 is 1.68. The van der Waals surface area contributed by atoms with Gasteiger partial charge in [0.2, 0.25) is 0 Å². The molecule has 2 N–H and O–H groups in total. The van der Waals surface area contributed by atoms with Gasteiger partial charge in [-0.1, -0.05) is 13.3 Å². The number of carboxylic acid groups (broad SMARTS) is 1. The molecule has 1 atom stereocenters. The monoisotopic (exact) mass is 264 g/mol. The van der Waals surface area contributed by atoms with Crippen LogP contribution < -0.4 is 5.32 Å². The molecular formula is C13H16N2O2S. The van der Waals surface area contributed by atoms with Crippen molar-refractivity contribution in [1.82, 2.24) is 4.98 Å². The Bertz CT molecular complexity index is 539. The van der Waals surface area contributed by atoms with Crippen molar-refractivity contribution in [3.05, 3.63) is 23.7 Å². The largest absolute Gasteiger partial charge is 0.481 e. The van der Waals surface area contributed by atoms with E-state index in [0.29, 0.717) is 6.54 Å². The van der Waals surface area contributed by atoms with E-state index < -0.39 is 5.97 Å². The number of thiophene rings is 1. The smallest absolute Gasteiger partial charge is 0.303 e. The zero-order valence-corrected chi connectivity index (χ0v) is 11.0. The third-order valence-electron chi connectivity index (χ3n) is 2.98. The molecule has 2 rings (SSSR count). The molecule has 5 heteroatoms. The van der Waals surface area contributed by atoms with Gasteiger partial charge in [-0.3, -0.25) is 4.79 Å². The number of hydrogen-bond acceptors (Lipinski definition) is 4. The van der Waals surface area contributed by atoms with E-state index in [1.807, 2.05) is 24.4 Å². The van der Waals surface area contributed by atoms with Gasteiger partial charge in [0.15, 0.2) is 0 Å². The third kappa shape index (κ3) is 2.98. The summed E-state index contributed by atoms with van der Waals surface area (Å²) in [6, 6.07) is 4.02. The van der Waals surface area contributed by atoms with Crippen LogP contribution in [0, 0.1) is 5.92 Å². The highest BCUT2D eigenvalue weighted by molar-refractivity contribution is 7.17. The summed E-state index contributed by atoms with van der Waals surface area (Å²) in [5.41, 5.74) is 0. The van der Waals surface area contributed by atoms with E-state index in [2.05, 4.69) is 10.3 Å². The molecule has 2 aromatic rings. The van der Waals surface area contributed by atoms with Crippen LogP contribution in [0.1, 0.15) is 19.8 Å². The lowest BCUT2D eigenvalue weighted by atomic mass is 10.0. The molecule has 0 spiro atoms. The fourth-order valence-corrected chi connectivity index (χ4v) is 2.67. The van der Waals surface area contributed by atoms with Crippen molar-refractivity contribution in [2.45, 2.75) is 19.8 Å². The first-order valence-electron chi connectivity index (χ1n) is 5.98. The number of hydrogen-bond donors (Lipinski definition) is 2. The van der Waals surface area contributed by atoms with Crippen molar-refractivity contribution in [3.8, 4) is 0 Å². The number of nitrogens with zero attached hydrogens (tertiary/aromatic N) is 1. The molecule has 4 nitrogen and oxygen atoms in total. The summed E-state index contributed by atoms with van der Waals surface area (Å²) in [4.78, 5) is 15.0. The maximum atomic E-state index is 10.7. The van der Waals surface area contributed by atoms with E-state index in [1.165, 1.54) is 4.70 Å². The van der Waals surface area contributed by atoms with Gasteiger partial charge in [0.05, 0.1) is 0 Å². The minimum absolute atomic E-state index is 0.137. The third-order valence-corrected chi connectivity index (χ3v) is 3.86. The van der Waals surface area contributed by atoms with Gasteiger partial charge in [-0.25, -0.2) is 4.98 Å². The van der Waals surface area contributed by atoms with Crippen molar-refractivity contribution >= 4 is 33.2 Å². The molecule has 0 aliphatic rings. The van der Waals surface area contributed by atoms with Crippen LogP contribution >= 0.6 is 11.3 Å². The fourth-order valence-electron chi connectivity index (χ4n) is 1.88. The predicted octanol–water partition coefficient (Wildman–Crippen LogP) is 3.21. The summed E-state index contributed by atoms with van der Waals surface area (Å²) in [5, 5.41) is 15.2. The number of carboxylic acids is 1. The molecule has 18 heavy (non-hydrogen) atoms. The molecule has 0 saturated carbocycles. The van der Waals surface area contributed by atoms with E-state index >= 15 is 0 Å². The standard InChI is InChI=1S/C13H16N2O2S/c1-2-9(7-12(16)17)8-15-13-10-4-6-18-11(10)3-5-14-13/h3-6,9H,2,7-8H2,1H3,(H,14,15)(H,16,17). The van der Waals surface area contributed by atoms with Crippen LogP contribution in [0.25, 0.3) is 10.1 Å². The zero-order valence-electron chi connectivity index (χ0n) is 10.2. The van der Waals surface area contributed by atoms with Crippen molar-refractivity contribution < 1.29 is 9.90 Å². The fraction of sp³-hybridized carbons (Fsp3) is 0.385. The van der Waals surface area contributed by atoms with Crippen LogP contribution in [-0.2, 0) is 4.79 Å². The van der Waals surface area contributed by atoms with Crippen LogP contribution in [0.15, 0.2) is 23.7 Å². The summed E-state index contributed by atoms with van der Waals surface area (Å²) in [6.07, 6.45) is 2.82. The molecular weight excluding hydrogens is 248 g/mol. The van der Waals surface area contributed by atoms with Crippen LogP contribution in [0.3, 0.4) is 0 Å². The van der Waals surface area contributed by atoms with Crippen molar-refractivity contribution in [1.29, 1.82) is 0 Å². The van der Waals surface area contributed by atoms with Crippen molar-refractivity contribution in [2.75, 3.05) is 11.9 Å². The lowest BCUT2D eigenvalue weighted by Gasteiger charge is -2.14. The van der Waals surface area contributed by atoms with Gasteiger partial charge < -0.3 is 10.4 Å². The number of pyridine rings is 1. The second-order valence-electron chi connectivity index (χ2n) is 4.25. The Kier molecular flexibility index (Phi) is 4.15. The molecule has 0 bridgehead atoms. The molecule has 0 fully saturated rings. The molecule has 0 radical (unpaired) electrons. The molecule has 0 aliphatic heterocycles. The Morgan fingerprint density at radius 1 is 1.56 bits per heavy atom. The van der Waals surface area contributed by atoms with Crippen molar-refractivity contribution in [3.63, 3.8) is 0 Å². The molecule has 1 unspecified atom stereocenters. The number of aromatic nitrogens is 1. The molecule has 0 aromatic carbocycles. The second-order valence-corrected chi connectivity index (χ2v) is 5.19. The van der Waals surface area contributed by atoms with Crippen LogP contribution in [0.2, 0.25) is 0 Å². The molecule has 2 heterocycles. The summed E-state index contributed by atoms with van der Waals surface area (Å²) < 4.78 is 1.19. The minimum atomic E-state index is -0.745. The van der Waals surface area contributed by atoms with E-state index in [0.717, 1.165) is 17.6 Å². The second kappa shape index (κ2) is 5.82. The highest BCUT2D eigenvalue weighted by atomic mass is 32.1. The average molecular weight is 264 g/mol. The Hall–Kier alpha value is -1.62. The Morgan fingerprint density at radius 2 is 2.39 bits per heavy atom. The maximum absolute atomic E-state index is 10.7. The lowest BCUT2D eigenvalue weighted by Crippen LogP contribution is -2.17. The summed E-state index contributed by atoms with van der Waals surface area (Å²) in [7, 11) is 0. The highest BCUT2D eigenvalue weighted by Crippen LogP contribution is 2.26. The Morgan fingerprint density at radius 3 is 3.11 bits per heavy atom. The average Bonchev–Trinajstić information content (AvgIpc) is 2.82. The van der Waals surface area contributed by atoms with E-state index in [4.69, 9.17) is 5.11 Å². The van der Waals surface area contributed by atoms with Gasteiger partial charge in [-0.05, 0) is 23.4 Å². The zero-order chi connectivity index (χ0) is 13.0. The van der Waals surface area contributed by atoms with Gasteiger partial charge >= 0.3 is 5.97 Å². The van der Waals surface area contributed by atoms with E-state index in [1.54, 1.807) is 17.5 Å². The van der Waals surface area contributed by atoms with Gasteiger partial charge in [0, 0.05) is 29.2 Å². The Balaban J connectivity index is 2.05. The normalized spacial score (nSPS) is 12.5. The summed E-state index contributed by atoms with van der Waals surface area (Å²) in [6.45, 7) is 2.65. The van der Waals surface area contributed by atoms with Gasteiger partial charge in [-0.2, -0.15) is 0 Å². The van der Waals surface area contributed by atoms with E-state index in [-0.39, 0.29) is 12.3 Å². The number of carbonyl (C=O) groups is 1. The first kappa shape index (κ1) is 12.8. The van der Waals surface area contributed by atoms with Crippen LogP contribution in [0.4, 0.5) is 5.82 Å². The van der Waals surface area contributed by atoms with Crippen molar-refractivity contribution in [2.24, 2.45) is 5.92 Å². The Labute approximate surface area is 110 Å². The molecule has 0 amide bonds. The SMILES string of the molecule is CCC(CNc1nccc2sccc12)CC(=O)O. The number of aliphatic carboxylic acids is 1. The highest BCUT2D eigenvalue weighted by Gasteiger charge is 2.12. The number of rotatable bonds is 6. The number of anilines is 1. The molecule has 0 aliphatic carbocycles. The van der Waals surface area contributed by atoms with Gasteiger partial charge in [-0.15, -0.1) is 11.3 Å². The first-order chi connectivity index (χ1) is 8.70. The quantitative estimate of drug-likeness (QED) is 0.841. The maximum Gasteiger partial charge on any atom is 0.303 e. The van der Waals surface area contributed by atoms with Crippen LogP contribution in [0.5, 0.6) is 0 Å². The topological polar surface area (TPSA) is 62.2 Å². The summed E-state index contributed by atoms with van der Waals surface area (Å²) in [5.74, 6) is 0.237. The molecule has 0 saturated heterocycles. The van der Waals surface area contributed by atoms with Gasteiger partial charge in [0.1, 0.15) is 5.82 Å². The lowest BCUT2D eigenvalue weighted by molar-refractivity contribution is -0.138. The first-order valence-corrected chi connectivity index (χ1v) is 6.86. The van der Waals surface area contributed by atoms with E-state index in [9.17, 15) is 4.79 Å². The number of fused-ring (bicyclic) bond motifs is 1. The predicted molar refractivity (Wildman–Crippen MR) is 74.1 cm³/mol. The van der Waals surface area contributed by atoms with Gasteiger partial charge in [0.25, 0.3) is 0 Å². The number of nitrogens with one attached hydrogen (secondary N) is 1. The minimum Gasteiger partial charge on any atom is -0.481 e. The molecule has 96 valence electrons. The molecule has 2 aromatic heterocycles.